The average Bonchev–Trinajstić information content (AvgIpc) is 2.94. The molecule has 1 N–H and O–H groups in total. The van der Waals surface area contributed by atoms with Crippen LogP contribution >= 0.6 is 0 Å². The molecule has 1 aromatic carbocycles. The summed E-state index contributed by atoms with van der Waals surface area (Å²) in [6.45, 7) is 0. The van der Waals surface area contributed by atoms with Gasteiger partial charge in [0.05, 0.1) is 11.7 Å². The molecule has 2 aromatic rings. The van der Waals surface area contributed by atoms with Crippen molar-refractivity contribution in [2.75, 3.05) is 7.05 Å². The van der Waals surface area contributed by atoms with Gasteiger partial charge in [-0.3, -0.25) is 9.89 Å². The first-order valence-electron chi connectivity index (χ1n) is 6.96. The number of amides is 1. The Morgan fingerprint density at radius 3 is 2.89 bits per heavy atom. The highest BCUT2D eigenvalue weighted by Gasteiger charge is 2.23. The SMILES string of the molecule is CN(C(=O)c1ccc2cn[nH]c2c1)C1CCCCC1. The number of H-pyrrole nitrogens is 1. The van der Waals surface area contributed by atoms with E-state index in [1.54, 1.807) is 6.20 Å². The van der Waals surface area contributed by atoms with Crippen LogP contribution in [0.15, 0.2) is 24.4 Å². The van der Waals surface area contributed by atoms with Crippen molar-refractivity contribution in [3.05, 3.63) is 30.0 Å². The van der Waals surface area contributed by atoms with Gasteiger partial charge in [-0.2, -0.15) is 5.10 Å². The van der Waals surface area contributed by atoms with Crippen LogP contribution in [0.2, 0.25) is 0 Å². The summed E-state index contributed by atoms with van der Waals surface area (Å²) in [4.78, 5) is 14.4. The number of nitrogens with one attached hydrogen (secondary N) is 1. The summed E-state index contributed by atoms with van der Waals surface area (Å²) in [7, 11) is 1.93. The fraction of sp³-hybridized carbons (Fsp3) is 0.467. The third-order valence-corrected chi connectivity index (χ3v) is 4.13. The van der Waals surface area contributed by atoms with Gasteiger partial charge in [-0.15, -0.1) is 0 Å². The van der Waals surface area contributed by atoms with E-state index < -0.39 is 0 Å². The molecular formula is C15H19N3O. The zero-order chi connectivity index (χ0) is 13.2. The van der Waals surface area contributed by atoms with Crippen molar-refractivity contribution in [3.63, 3.8) is 0 Å². The molecule has 0 spiro atoms. The summed E-state index contributed by atoms with van der Waals surface area (Å²) in [5.41, 5.74) is 1.66. The Hall–Kier alpha value is -1.84. The highest BCUT2D eigenvalue weighted by molar-refractivity contribution is 5.97. The van der Waals surface area contributed by atoms with Gasteiger partial charge in [0.15, 0.2) is 0 Å². The Bertz CT molecular complexity index is 584. The molecule has 0 unspecified atom stereocenters. The smallest absolute Gasteiger partial charge is 0.253 e. The molecule has 0 aliphatic heterocycles. The van der Waals surface area contributed by atoms with Crippen LogP contribution in [0, 0.1) is 0 Å². The minimum atomic E-state index is 0.114. The minimum Gasteiger partial charge on any atom is -0.339 e. The van der Waals surface area contributed by atoms with Crippen molar-refractivity contribution in [3.8, 4) is 0 Å². The summed E-state index contributed by atoms with van der Waals surface area (Å²) in [6, 6.07) is 6.13. The van der Waals surface area contributed by atoms with Gasteiger partial charge in [-0.1, -0.05) is 25.3 Å². The molecule has 1 aromatic heterocycles. The number of nitrogens with zero attached hydrogens (tertiary/aromatic N) is 2. The monoisotopic (exact) mass is 257 g/mol. The number of aromatic amines is 1. The highest BCUT2D eigenvalue weighted by Crippen LogP contribution is 2.23. The molecule has 1 aliphatic carbocycles. The maximum atomic E-state index is 12.5. The fourth-order valence-electron chi connectivity index (χ4n) is 2.91. The number of rotatable bonds is 2. The third kappa shape index (κ3) is 2.35. The molecule has 4 heteroatoms. The molecule has 3 rings (SSSR count). The molecule has 0 atom stereocenters. The normalized spacial score (nSPS) is 16.7. The Labute approximate surface area is 112 Å². The summed E-state index contributed by atoms with van der Waals surface area (Å²) >= 11 is 0. The lowest BCUT2D eigenvalue weighted by atomic mass is 9.94. The molecule has 1 aliphatic rings. The summed E-state index contributed by atoms with van der Waals surface area (Å²) in [5, 5.41) is 7.94. The highest BCUT2D eigenvalue weighted by atomic mass is 16.2. The van der Waals surface area contributed by atoms with Crippen molar-refractivity contribution in [1.29, 1.82) is 0 Å². The molecule has 100 valence electrons. The second kappa shape index (κ2) is 5.03. The number of carbonyl (C=O) groups is 1. The second-order valence-electron chi connectivity index (χ2n) is 5.38. The molecule has 0 radical (unpaired) electrons. The van der Waals surface area contributed by atoms with Crippen LogP contribution in [0.3, 0.4) is 0 Å². The van der Waals surface area contributed by atoms with Crippen LogP contribution in [-0.4, -0.2) is 34.1 Å². The molecule has 0 saturated heterocycles. The molecule has 1 amide bonds. The van der Waals surface area contributed by atoms with E-state index in [-0.39, 0.29) is 5.91 Å². The molecule has 4 nitrogen and oxygen atoms in total. The molecule has 19 heavy (non-hydrogen) atoms. The Kier molecular flexibility index (Phi) is 3.23. The standard InChI is InChI=1S/C15H19N3O/c1-18(13-5-3-2-4-6-13)15(19)11-7-8-12-10-16-17-14(12)9-11/h7-10,13H,2-6H2,1H3,(H,16,17). The van der Waals surface area contributed by atoms with Crippen molar-refractivity contribution in [1.82, 2.24) is 15.1 Å². The van der Waals surface area contributed by atoms with E-state index in [9.17, 15) is 4.79 Å². The first-order chi connectivity index (χ1) is 9.25. The van der Waals surface area contributed by atoms with Crippen LogP contribution in [0.4, 0.5) is 0 Å². The van der Waals surface area contributed by atoms with Crippen LogP contribution in [0.1, 0.15) is 42.5 Å². The summed E-state index contributed by atoms with van der Waals surface area (Å²) in [6.07, 6.45) is 7.82. The van der Waals surface area contributed by atoms with E-state index in [1.807, 2.05) is 30.1 Å². The quantitative estimate of drug-likeness (QED) is 0.899. The van der Waals surface area contributed by atoms with E-state index >= 15 is 0 Å². The van der Waals surface area contributed by atoms with E-state index in [0.29, 0.717) is 6.04 Å². The molecule has 1 fully saturated rings. The number of hydrogen-bond donors (Lipinski definition) is 1. The number of fused-ring (bicyclic) bond motifs is 1. The number of hydrogen-bond acceptors (Lipinski definition) is 2. The van der Waals surface area contributed by atoms with Crippen molar-refractivity contribution in [2.24, 2.45) is 0 Å². The van der Waals surface area contributed by atoms with E-state index in [2.05, 4.69) is 10.2 Å². The van der Waals surface area contributed by atoms with Crippen molar-refractivity contribution < 1.29 is 4.79 Å². The summed E-state index contributed by atoms with van der Waals surface area (Å²) in [5.74, 6) is 0.114. The Balaban J connectivity index is 1.81. The van der Waals surface area contributed by atoms with Crippen LogP contribution in [0.25, 0.3) is 10.9 Å². The van der Waals surface area contributed by atoms with Gasteiger partial charge in [-0.05, 0) is 25.0 Å². The minimum absolute atomic E-state index is 0.114. The van der Waals surface area contributed by atoms with E-state index in [0.717, 1.165) is 29.3 Å². The second-order valence-corrected chi connectivity index (χ2v) is 5.38. The topological polar surface area (TPSA) is 49.0 Å². The average molecular weight is 257 g/mol. The van der Waals surface area contributed by atoms with E-state index in [1.165, 1.54) is 19.3 Å². The Morgan fingerprint density at radius 1 is 1.32 bits per heavy atom. The molecular weight excluding hydrogens is 238 g/mol. The first-order valence-corrected chi connectivity index (χ1v) is 6.96. The zero-order valence-corrected chi connectivity index (χ0v) is 11.2. The number of benzene rings is 1. The van der Waals surface area contributed by atoms with Crippen molar-refractivity contribution in [2.45, 2.75) is 38.1 Å². The lowest BCUT2D eigenvalue weighted by Gasteiger charge is -2.31. The van der Waals surface area contributed by atoms with Crippen LogP contribution < -0.4 is 0 Å². The first kappa shape index (κ1) is 12.2. The predicted molar refractivity (Wildman–Crippen MR) is 75.1 cm³/mol. The Morgan fingerprint density at radius 2 is 2.11 bits per heavy atom. The van der Waals surface area contributed by atoms with Crippen LogP contribution in [-0.2, 0) is 0 Å². The molecule has 1 heterocycles. The lowest BCUT2D eigenvalue weighted by molar-refractivity contribution is 0.0696. The largest absolute Gasteiger partial charge is 0.339 e. The van der Waals surface area contributed by atoms with Gasteiger partial charge in [0.1, 0.15) is 0 Å². The fourth-order valence-corrected chi connectivity index (χ4v) is 2.91. The third-order valence-electron chi connectivity index (χ3n) is 4.13. The number of carbonyl (C=O) groups excluding carboxylic acids is 1. The lowest BCUT2D eigenvalue weighted by Crippen LogP contribution is -2.38. The summed E-state index contributed by atoms with van der Waals surface area (Å²) < 4.78 is 0. The van der Waals surface area contributed by atoms with Gasteiger partial charge < -0.3 is 4.90 Å². The van der Waals surface area contributed by atoms with Gasteiger partial charge in [0.25, 0.3) is 5.91 Å². The van der Waals surface area contributed by atoms with Gasteiger partial charge in [-0.25, -0.2) is 0 Å². The van der Waals surface area contributed by atoms with Crippen LogP contribution in [0.5, 0.6) is 0 Å². The maximum Gasteiger partial charge on any atom is 0.253 e. The molecule has 0 bridgehead atoms. The molecule has 1 saturated carbocycles. The predicted octanol–water partition coefficient (Wildman–Crippen LogP) is 2.97. The van der Waals surface area contributed by atoms with Crippen molar-refractivity contribution >= 4 is 16.8 Å². The zero-order valence-electron chi connectivity index (χ0n) is 11.2. The van der Waals surface area contributed by atoms with Gasteiger partial charge in [0, 0.05) is 24.0 Å². The van der Waals surface area contributed by atoms with Gasteiger partial charge >= 0.3 is 0 Å². The number of aromatic nitrogens is 2. The van der Waals surface area contributed by atoms with Gasteiger partial charge in [0.2, 0.25) is 0 Å². The van der Waals surface area contributed by atoms with E-state index in [4.69, 9.17) is 0 Å². The maximum absolute atomic E-state index is 12.5.